The summed E-state index contributed by atoms with van der Waals surface area (Å²) in [5.41, 5.74) is 1.10. The number of nitrogens with zero attached hydrogens (tertiary/aromatic N) is 3. The molecule has 0 spiro atoms. The van der Waals surface area contributed by atoms with Crippen LogP contribution >= 0.6 is 0 Å². The van der Waals surface area contributed by atoms with Gasteiger partial charge in [-0.15, -0.1) is 0 Å². The summed E-state index contributed by atoms with van der Waals surface area (Å²) in [6, 6.07) is 0. The lowest BCUT2D eigenvalue weighted by atomic mass is 10.2. The van der Waals surface area contributed by atoms with E-state index in [1.165, 1.54) is 12.8 Å². The predicted molar refractivity (Wildman–Crippen MR) is 75.7 cm³/mol. The van der Waals surface area contributed by atoms with Gasteiger partial charge in [-0.3, -0.25) is 0 Å². The predicted octanol–water partition coefficient (Wildman–Crippen LogP) is 0.580. The molecule has 3 rings (SSSR count). The van der Waals surface area contributed by atoms with E-state index in [9.17, 15) is 0 Å². The van der Waals surface area contributed by atoms with E-state index in [2.05, 4.69) is 20.2 Å². The zero-order valence-corrected chi connectivity index (χ0v) is 11.9. The van der Waals surface area contributed by atoms with Crippen LogP contribution in [0.1, 0.15) is 18.4 Å². The van der Waals surface area contributed by atoms with Crippen molar-refractivity contribution in [3.05, 3.63) is 18.0 Å². The number of hydrogen-bond acceptors (Lipinski definition) is 6. The highest BCUT2D eigenvalue weighted by Gasteiger charge is 2.34. The minimum atomic E-state index is 0.368. The van der Waals surface area contributed by atoms with Gasteiger partial charge in [-0.1, -0.05) is 0 Å². The smallest absolute Gasteiger partial charge is 0.225 e. The Bertz CT molecular complexity index is 414. The molecule has 1 aromatic rings. The normalized spacial score (nSPS) is 25.1. The lowest BCUT2D eigenvalue weighted by Gasteiger charge is -2.32. The van der Waals surface area contributed by atoms with Crippen molar-refractivity contribution in [2.45, 2.75) is 31.6 Å². The SMILES string of the molecule is COCCNCc1cnc(N2CC3CCC(C2)O3)nc1. The summed E-state index contributed by atoms with van der Waals surface area (Å²) in [6.45, 7) is 4.17. The third kappa shape index (κ3) is 3.26. The molecule has 6 nitrogen and oxygen atoms in total. The van der Waals surface area contributed by atoms with Gasteiger partial charge in [-0.25, -0.2) is 9.97 Å². The molecule has 110 valence electrons. The van der Waals surface area contributed by atoms with Crippen LogP contribution in [0.4, 0.5) is 5.95 Å². The Morgan fingerprint density at radius 3 is 2.65 bits per heavy atom. The Morgan fingerprint density at radius 1 is 1.30 bits per heavy atom. The highest BCUT2D eigenvalue weighted by atomic mass is 16.5. The van der Waals surface area contributed by atoms with Gasteiger partial charge in [-0.2, -0.15) is 0 Å². The van der Waals surface area contributed by atoms with Gasteiger partial charge < -0.3 is 19.7 Å². The van der Waals surface area contributed by atoms with Gasteiger partial charge >= 0.3 is 0 Å². The molecule has 2 unspecified atom stereocenters. The molecule has 0 saturated carbocycles. The fourth-order valence-corrected chi connectivity index (χ4v) is 2.79. The molecule has 3 heterocycles. The molecule has 1 N–H and O–H groups in total. The zero-order chi connectivity index (χ0) is 13.8. The van der Waals surface area contributed by atoms with E-state index >= 15 is 0 Å². The number of nitrogens with one attached hydrogen (secondary N) is 1. The van der Waals surface area contributed by atoms with E-state index in [1.54, 1.807) is 7.11 Å². The van der Waals surface area contributed by atoms with Gasteiger partial charge in [0.25, 0.3) is 0 Å². The molecule has 2 fully saturated rings. The second-order valence-corrected chi connectivity index (χ2v) is 5.42. The molecule has 0 aliphatic carbocycles. The molecule has 0 aromatic carbocycles. The van der Waals surface area contributed by atoms with Crippen LogP contribution in [0, 0.1) is 0 Å². The van der Waals surface area contributed by atoms with E-state index < -0.39 is 0 Å². The maximum atomic E-state index is 5.83. The molecule has 20 heavy (non-hydrogen) atoms. The van der Waals surface area contributed by atoms with E-state index in [4.69, 9.17) is 9.47 Å². The van der Waals surface area contributed by atoms with Gasteiger partial charge in [0, 0.05) is 51.2 Å². The maximum Gasteiger partial charge on any atom is 0.225 e. The number of methoxy groups -OCH3 is 1. The van der Waals surface area contributed by atoms with Crippen LogP contribution in [0.25, 0.3) is 0 Å². The van der Waals surface area contributed by atoms with Crippen molar-refractivity contribution in [2.75, 3.05) is 38.3 Å². The molecule has 2 atom stereocenters. The molecular formula is C14H22N4O2. The average Bonchev–Trinajstić information content (AvgIpc) is 2.83. The number of anilines is 1. The fraction of sp³-hybridized carbons (Fsp3) is 0.714. The number of morpholine rings is 1. The average molecular weight is 278 g/mol. The van der Waals surface area contributed by atoms with E-state index in [1.807, 2.05) is 12.4 Å². The lowest BCUT2D eigenvalue weighted by molar-refractivity contribution is 0.0299. The van der Waals surface area contributed by atoms with Gasteiger partial charge in [0.2, 0.25) is 5.95 Å². The number of rotatable bonds is 6. The number of hydrogen-bond donors (Lipinski definition) is 1. The zero-order valence-electron chi connectivity index (χ0n) is 11.9. The van der Waals surface area contributed by atoms with Crippen LogP contribution in [0.15, 0.2) is 12.4 Å². The third-order valence-electron chi connectivity index (χ3n) is 3.83. The highest BCUT2D eigenvalue weighted by Crippen LogP contribution is 2.27. The topological polar surface area (TPSA) is 59.5 Å². The minimum absolute atomic E-state index is 0.368. The van der Waals surface area contributed by atoms with Gasteiger partial charge in [0.1, 0.15) is 0 Å². The first-order valence-electron chi connectivity index (χ1n) is 7.26. The van der Waals surface area contributed by atoms with Crippen LogP contribution in [-0.2, 0) is 16.0 Å². The molecule has 0 radical (unpaired) electrons. The molecule has 6 heteroatoms. The Labute approximate surface area is 119 Å². The maximum absolute atomic E-state index is 5.83. The molecule has 0 amide bonds. The van der Waals surface area contributed by atoms with Crippen molar-refractivity contribution in [3.8, 4) is 0 Å². The van der Waals surface area contributed by atoms with Crippen LogP contribution < -0.4 is 10.2 Å². The summed E-state index contributed by atoms with van der Waals surface area (Å²) < 4.78 is 10.8. The largest absolute Gasteiger partial charge is 0.383 e. The van der Waals surface area contributed by atoms with Crippen molar-refractivity contribution < 1.29 is 9.47 Å². The van der Waals surface area contributed by atoms with E-state index in [0.29, 0.717) is 12.2 Å². The number of fused-ring (bicyclic) bond motifs is 2. The molecule has 1 aromatic heterocycles. The van der Waals surface area contributed by atoms with Crippen LogP contribution in [0.2, 0.25) is 0 Å². The van der Waals surface area contributed by atoms with Crippen molar-refractivity contribution in [2.24, 2.45) is 0 Å². The first-order chi connectivity index (χ1) is 9.85. The molecular weight excluding hydrogens is 256 g/mol. The summed E-state index contributed by atoms with van der Waals surface area (Å²) in [7, 11) is 1.70. The minimum Gasteiger partial charge on any atom is -0.383 e. The van der Waals surface area contributed by atoms with Crippen molar-refractivity contribution >= 4 is 5.95 Å². The summed E-state index contributed by atoms with van der Waals surface area (Å²) in [4.78, 5) is 11.2. The van der Waals surface area contributed by atoms with Gasteiger partial charge in [0.05, 0.1) is 18.8 Å². The molecule has 2 saturated heterocycles. The molecule has 2 aliphatic rings. The second kappa shape index (κ2) is 6.47. The van der Waals surface area contributed by atoms with E-state index in [0.717, 1.165) is 44.3 Å². The highest BCUT2D eigenvalue weighted by molar-refractivity contribution is 5.32. The molecule has 2 bridgehead atoms. The Morgan fingerprint density at radius 2 is 2.00 bits per heavy atom. The Kier molecular flexibility index (Phi) is 4.44. The third-order valence-corrected chi connectivity index (χ3v) is 3.83. The molecule has 2 aliphatic heterocycles. The summed E-state index contributed by atoms with van der Waals surface area (Å²) in [6.07, 6.45) is 6.88. The van der Waals surface area contributed by atoms with Crippen LogP contribution in [0.3, 0.4) is 0 Å². The Hall–Kier alpha value is -1.24. The van der Waals surface area contributed by atoms with Crippen molar-refractivity contribution in [1.29, 1.82) is 0 Å². The first-order valence-corrected chi connectivity index (χ1v) is 7.26. The van der Waals surface area contributed by atoms with E-state index in [-0.39, 0.29) is 0 Å². The lowest BCUT2D eigenvalue weighted by Crippen LogP contribution is -2.43. The standard InChI is InChI=1S/C14H22N4O2/c1-19-5-4-15-6-11-7-16-14(17-8-11)18-9-12-2-3-13(10-18)20-12/h7-8,12-13,15H,2-6,9-10H2,1H3. The van der Waals surface area contributed by atoms with Crippen molar-refractivity contribution in [1.82, 2.24) is 15.3 Å². The van der Waals surface area contributed by atoms with Crippen molar-refractivity contribution in [3.63, 3.8) is 0 Å². The summed E-state index contributed by atoms with van der Waals surface area (Å²) in [5, 5.41) is 3.29. The monoisotopic (exact) mass is 278 g/mol. The second-order valence-electron chi connectivity index (χ2n) is 5.42. The van der Waals surface area contributed by atoms with Gasteiger partial charge in [-0.05, 0) is 12.8 Å². The summed E-state index contributed by atoms with van der Waals surface area (Å²) >= 11 is 0. The number of aromatic nitrogens is 2. The number of ether oxygens (including phenoxy) is 2. The Balaban J connectivity index is 1.53. The quantitative estimate of drug-likeness (QED) is 0.768. The first kappa shape index (κ1) is 13.7. The van der Waals surface area contributed by atoms with Gasteiger partial charge in [0.15, 0.2) is 0 Å². The summed E-state index contributed by atoms with van der Waals surface area (Å²) in [5.74, 6) is 0.825. The van der Waals surface area contributed by atoms with Crippen LogP contribution in [-0.4, -0.2) is 55.5 Å². The van der Waals surface area contributed by atoms with Crippen LogP contribution in [0.5, 0.6) is 0 Å². The fourth-order valence-electron chi connectivity index (χ4n) is 2.79.